The van der Waals surface area contributed by atoms with E-state index in [9.17, 15) is 23.1 Å². The third kappa shape index (κ3) is 7.12. The zero-order chi connectivity index (χ0) is 23.1. The van der Waals surface area contributed by atoms with Crippen molar-refractivity contribution in [2.24, 2.45) is 0 Å². The maximum atomic E-state index is 13.1. The first-order valence-corrected chi connectivity index (χ1v) is 11.4. The van der Waals surface area contributed by atoms with Crippen LogP contribution < -0.4 is 5.32 Å². The van der Waals surface area contributed by atoms with Crippen molar-refractivity contribution in [3.8, 4) is 0 Å². The van der Waals surface area contributed by atoms with Crippen LogP contribution in [0.3, 0.4) is 0 Å². The first kappa shape index (κ1) is 24.4. The number of nitrogens with zero attached hydrogens (tertiary/aromatic N) is 1. The highest BCUT2D eigenvalue weighted by Gasteiger charge is 2.32. The quantitative estimate of drug-likeness (QED) is 0.374. The van der Waals surface area contributed by atoms with E-state index in [0.29, 0.717) is 12.0 Å². The Kier molecular flexibility index (Phi) is 8.40. The van der Waals surface area contributed by atoms with Crippen molar-refractivity contribution in [1.82, 2.24) is 4.98 Å². The largest absolute Gasteiger partial charge is 0.481 e. The number of benzene rings is 1. The minimum Gasteiger partial charge on any atom is -0.481 e. The van der Waals surface area contributed by atoms with Gasteiger partial charge in [0.15, 0.2) is 0 Å². The molecule has 2 aromatic rings. The number of anilines is 1. The second-order valence-corrected chi connectivity index (χ2v) is 8.80. The molecule has 3 rings (SSSR count). The van der Waals surface area contributed by atoms with E-state index in [4.69, 9.17) is 11.6 Å². The maximum Gasteiger partial charge on any atom is 0.416 e. The summed E-state index contributed by atoms with van der Waals surface area (Å²) in [5.41, 5.74) is 1.81. The number of rotatable bonds is 10. The van der Waals surface area contributed by atoms with Crippen molar-refractivity contribution >= 4 is 23.4 Å². The number of pyridine rings is 1. The van der Waals surface area contributed by atoms with Crippen LogP contribution in [0.1, 0.15) is 73.2 Å². The summed E-state index contributed by atoms with van der Waals surface area (Å²) in [7, 11) is 0. The summed E-state index contributed by atoms with van der Waals surface area (Å²) in [5.74, 6) is -0.540. The number of nitrogens with one attached hydrogen (secondary N) is 1. The molecule has 2 heterocycles. The first-order chi connectivity index (χ1) is 15.2. The van der Waals surface area contributed by atoms with Gasteiger partial charge in [-0.3, -0.25) is 4.79 Å². The molecular weight excluding hydrogens is 441 g/mol. The van der Waals surface area contributed by atoms with Crippen LogP contribution >= 0.6 is 11.6 Å². The van der Waals surface area contributed by atoms with Gasteiger partial charge in [-0.25, -0.2) is 4.98 Å². The molecule has 1 aromatic heterocycles. The van der Waals surface area contributed by atoms with Crippen molar-refractivity contribution < 1.29 is 23.1 Å². The summed E-state index contributed by atoms with van der Waals surface area (Å²) < 4.78 is 39.3. The molecule has 2 N–H and O–H groups in total. The lowest BCUT2D eigenvalue weighted by Crippen LogP contribution is -2.13. The predicted octanol–water partition coefficient (Wildman–Crippen LogP) is 6.86. The molecule has 0 unspecified atom stereocenters. The molecule has 0 saturated heterocycles. The number of hydrogen-bond acceptors (Lipinski definition) is 3. The van der Waals surface area contributed by atoms with Gasteiger partial charge < -0.3 is 10.4 Å². The maximum absolute atomic E-state index is 13.1. The van der Waals surface area contributed by atoms with Gasteiger partial charge in [-0.2, -0.15) is 13.2 Å². The zero-order valence-corrected chi connectivity index (χ0v) is 18.6. The van der Waals surface area contributed by atoms with Crippen LogP contribution in [0.4, 0.5) is 19.0 Å². The normalized spacial score (nSPS) is 14.5. The number of aromatic nitrogens is 1. The minimum absolute atomic E-state index is 0.0303. The fourth-order valence-electron chi connectivity index (χ4n) is 4.17. The van der Waals surface area contributed by atoms with Crippen molar-refractivity contribution in [1.29, 1.82) is 0 Å². The lowest BCUT2D eigenvalue weighted by molar-refractivity contribution is -0.138. The van der Waals surface area contributed by atoms with Gasteiger partial charge >= 0.3 is 12.1 Å². The summed E-state index contributed by atoms with van der Waals surface area (Å²) in [6.07, 6.45) is 2.37. The van der Waals surface area contributed by atoms with E-state index >= 15 is 0 Å². The minimum atomic E-state index is -4.52. The van der Waals surface area contributed by atoms with Crippen LogP contribution in [-0.2, 0) is 23.8 Å². The van der Waals surface area contributed by atoms with Crippen LogP contribution in [0.5, 0.6) is 0 Å². The molecule has 1 aliphatic heterocycles. The molecule has 1 atom stereocenters. The molecule has 0 saturated carbocycles. The fourth-order valence-corrected chi connectivity index (χ4v) is 4.41. The molecule has 174 valence electrons. The molecular formula is C24H28ClF3N2O2. The Morgan fingerprint density at radius 1 is 1.16 bits per heavy atom. The average molecular weight is 469 g/mol. The van der Waals surface area contributed by atoms with Gasteiger partial charge in [-0.1, -0.05) is 36.9 Å². The van der Waals surface area contributed by atoms with E-state index in [2.05, 4.69) is 22.4 Å². The highest BCUT2D eigenvalue weighted by atomic mass is 35.5. The van der Waals surface area contributed by atoms with Crippen LogP contribution in [-0.4, -0.2) is 22.6 Å². The number of fused-ring (bicyclic) bond motifs is 1. The van der Waals surface area contributed by atoms with Gasteiger partial charge in [-0.15, -0.1) is 0 Å². The zero-order valence-electron chi connectivity index (χ0n) is 17.8. The molecule has 1 aliphatic rings. The Morgan fingerprint density at radius 2 is 1.94 bits per heavy atom. The SMILES string of the molecule is O=C(O)C[C@H](CCCCCCc1ccc2c(n1)NCCC2)c1cc(Cl)cc(C(F)(F)F)c1. The molecule has 0 bridgehead atoms. The van der Waals surface area contributed by atoms with E-state index in [1.807, 2.05) is 0 Å². The van der Waals surface area contributed by atoms with Gasteiger partial charge in [0.1, 0.15) is 5.82 Å². The average Bonchev–Trinajstić information content (AvgIpc) is 2.74. The third-order valence-corrected chi connectivity index (χ3v) is 6.05. The molecule has 32 heavy (non-hydrogen) atoms. The van der Waals surface area contributed by atoms with Crippen LogP contribution in [0, 0.1) is 0 Å². The molecule has 0 fully saturated rings. The van der Waals surface area contributed by atoms with Crippen LogP contribution in [0.25, 0.3) is 0 Å². The molecule has 0 amide bonds. The summed E-state index contributed by atoms with van der Waals surface area (Å²) in [4.78, 5) is 16.0. The van der Waals surface area contributed by atoms with E-state index in [0.717, 1.165) is 75.1 Å². The molecule has 4 nitrogen and oxygen atoms in total. The van der Waals surface area contributed by atoms with Gasteiger partial charge in [0.05, 0.1) is 12.0 Å². The van der Waals surface area contributed by atoms with Gasteiger partial charge in [0.2, 0.25) is 0 Å². The Balaban J connectivity index is 1.50. The molecule has 0 aliphatic carbocycles. The standard InChI is InChI=1S/C24H28ClF3N2O2/c25-20-13-18(12-19(15-20)24(26,27)28)17(14-22(31)32)6-3-1-2-4-8-21-10-9-16-7-5-11-29-23(16)30-21/h9-10,12-13,15,17H,1-8,11,14H2,(H,29,30)(H,31,32)/t17-/m0/s1. The summed E-state index contributed by atoms with van der Waals surface area (Å²) in [6.45, 7) is 0.956. The lowest BCUT2D eigenvalue weighted by atomic mass is 9.89. The second kappa shape index (κ2) is 11.0. The predicted molar refractivity (Wildman–Crippen MR) is 119 cm³/mol. The van der Waals surface area contributed by atoms with E-state index in [1.54, 1.807) is 0 Å². The van der Waals surface area contributed by atoms with E-state index in [-0.39, 0.29) is 11.4 Å². The Morgan fingerprint density at radius 3 is 2.69 bits per heavy atom. The number of unbranched alkanes of at least 4 members (excludes halogenated alkanes) is 3. The first-order valence-electron chi connectivity index (χ1n) is 11.0. The summed E-state index contributed by atoms with van der Waals surface area (Å²) >= 11 is 5.88. The van der Waals surface area contributed by atoms with Crippen LogP contribution in [0.15, 0.2) is 30.3 Å². The monoisotopic (exact) mass is 468 g/mol. The van der Waals surface area contributed by atoms with Crippen molar-refractivity contribution in [2.45, 2.75) is 69.9 Å². The summed E-state index contributed by atoms with van der Waals surface area (Å²) in [5, 5.41) is 12.5. The number of aryl methyl sites for hydroxylation is 2. The number of halogens is 4. The van der Waals surface area contributed by atoms with Crippen LogP contribution in [0.2, 0.25) is 5.02 Å². The number of aliphatic carboxylic acids is 1. The number of carboxylic acid groups (broad SMARTS) is 1. The Labute approximate surface area is 191 Å². The van der Waals surface area contributed by atoms with Gasteiger partial charge in [-0.05, 0) is 73.4 Å². The summed E-state index contributed by atoms with van der Waals surface area (Å²) in [6, 6.07) is 7.55. The Bertz CT molecular complexity index is 934. The smallest absolute Gasteiger partial charge is 0.416 e. The fraction of sp³-hybridized carbons (Fsp3) is 0.500. The number of alkyl halides is 3. The molecule has 8 heteroatoms. The van der Waals surface area contributed by atoms with E-state index in [1.165, 1.54) is 11.6 Å². The van der Waals surface area contributed by atoms with Crippen molar-refractivity contribution in [2.75, 3.05) is 11.9 Å². The highest BCUT2D eigenvalue weighted by Crippen LogP contribution is 2.36. The van der Waals surface area contributed by atoms with Gasteiger partial charge in [0, 0.05) is 17.3 Å². The second-order valence-electron chi connectivity index (χ2n) is 8.36. The molecule has 0 spiro atoms. The third-order valence-electron chi connectivity index (χ3n) is 5.83. The molecule has 0 radical (unpaired) electrons. The van der Waals surface area contributed by atoms with Gasteiger partial charge in [0.25, 0.3) is 0 Å². The topological polar surface area (TPSA) is 62.2 Å². The van der Waals surface area contributed by atoms with Crippen molar-refractivity contribution in [3.05, 3.63) is 57.7 Å². The number of carboxylic acids is 1. The van der Waals surface area contributed by atoms with E-state index < -0.39 is 23.6 Å². The Hall–Kier alpha value is -2.28. The van der Waals surface area contributed by atoms with Crippen molar-refractivity contribution in [3.63, 3.8) is 0 Å². The highest BCUT2D eigenvalue weighted by molar-refractivity contribution is 6.30. The molecule has 1 aromatic carbocycles. The number of hydrogen-bond donors (Lipinski definition) is 2. The lowest BCUT2D eigenvalue weighted by Gasteiger charge is -2.18. The number of carbonyl (C=O) groups is 1.